The Balaban J connectivity index is 1.84. The second-order valence-electron chi connectivity index (χ2n) is 4.60. The van der Waals surface area contributed by atoms with Crippen molar-refractivity contribution in [3.8, 4) is 0 Å². The molecule has 1 saturated carbocycles. The normalized spacial score (nSPS) is 20.8. The highest BCUT2D eigenvalue weighted by Crippen LogP contribution is 2.38. The topological polar surface area (TPSA) is 55.4 Å². The van der Waals surface area contributed by atoms with Gasteiger partial charge in [0.2, 0.25) is 0 Å². The molecule has 2 atom stereocenters. The van der Waals surface area contributed by atoms with E-state index in [4.69, 9.17) is 27.9 Å². The minimum Gasteiger partial charge on any atom is -0.455 e. The Morgan fingerprint density at radius 1 is 1.42 bits per heavy atom. The number of ether oxygens (including phenoxy) is 1. The Bertz CT molecular complexity index is 519. The van der Waals surface area contributed by atoms with Gasteiger partial charge in [0.15, 0.2) is 6.61 Å². The highest BCUT2D eigenvalue weighted by atomic mass is 35.5. The molecule has 0 aromatic heterocycles. The molecule has 0 radical (unpaired) electrons. The fraction of sp³-hybridized carbons (Fsp3) is 0.385. The Kier molecular flexibility index (Phi) is 4.32. The van der Waals surface area contributed by atoms with E-state index in [2.05, 4.69) is 5.32 Å². The molecule has 1 aromatic carbocycles. The summed E-state index contributed by atoms with van der Waals surface area (Å²) in [7, 11) is 0. The highest BCUT2D eigenvalue weighted by Gasteiger charge is 2.40. The molecule has 1 fully saturated rings. The van der Waals surface area contributed by atoms with Gasteiger partial charge in [0.05, 0.1) is 16.6 Å². The first-order chi connectivity index (χ1) is 8.97. The molecule has 0 spiro atoms. The van der Waals surface area contributed by atoms with Gasteiger partial charge in [-0.05, 0) is 30.5 Å². The van der Waals surface area contributed by atoms with E-state index in [0.717, 1.165) is 6.42 Å². The molecule has 1 aliphatic rings. The van der Waals surface area contributed by atoms with Crippen molar-refractivity contribution >= 4 is 40.8 Å². The van der Waals surface area contributed by atoms with Gasteiger partial charge in [-0.15, -0.1) is 0 Å². The highest BCUT2D eigenvalue weighted by molar-refractivity contribution is 6.35. The van der Waals surface area contributed by atoms with Crippen LogP contribution < -0.4 is 5.32 Å². The van der Waals surface area contributed by atoms with E-state index in [-0.39, 0.29) is 18.5 Å². The Morgan fingerprint density at radius 2 is 2.11 bits per heavy atom. The number of hydrogen-bond acceptors (Lipinski definition) is 3. The minimum atomic E-state index is -0.439. The quantitative estimate of drug-likeness (QED) is 0.869. The Morgan fingerprint density at radius 3 is 2.74 bits per heavy atom. The van der Waals surface area contributed by atoms with Gasteiger partial charge in [0.1, 0.15) is 0 Å². The number of esters is 1. The van der Waals surface area contributed by atoms with Crippen LogP contribution in [0.3, 0.4) is 0 Å². The number of carbonyl (C=O) groups excluding carboxylic acids is 2. The van der Waals surface area contributed by atoms with Crippen LogP contribution in [-0.2, 0) is 14.3 Å². The maximum Gasteiger partial charge on any atom is 0.309 e. The van der Waals surface area contributed by atoms with Crippen molar-refractivity contribution in [2.45, 2.75) is 13.3 Å². The first-order valence-electron chi connectivity index (χ1n) is 5.89. The monoisotopic (exact) mass is 301 g/mol. The molecule has 0 saturated heterocycles. The largest absolute Gasteiger partial charge is 0.455 e. The molecule has 1 N–H and O–H groups in total. The summed E-state index contributed by atoms with van der Waals surface area (Å²) in [4.78, 5) is 23.1. The van der Waals surface area contributed by atoms with E-state index in [9.17, 15) is 9.59 Å². The number of carbonyl (C=O) groups is 2. The molecule has 0 heterocycles. The van der Waals surface area contributed by atoms with Gasteiger partial charge in [0, 0.05) is 5.02 Å². The molecule has 1 aromatic rings. The number of hydrogen-bond donors (Lipinski definition) is 1. The fourth-order valence-corrected chi connectivity index (χ4v) is 2.01. The number of benzene rings is 1. The summed E-state index contributed by atoms with van der Waals surface area (Å²) in [6, 6.07) is 4.73. The lowest BCUT2D eigenvalue weighted by molar-refractivity contribution is -0.148. The third kappa shape index (κ3) is 3.85. The Hall–Kier alpha value is -1.26. The van der Waals surface area contributed by atoms with E-state index in [1.54, 1.807) is 12.1 Å². The summed E-state index contributed by atoms with van der Waals surface area (Å²) < 4.78 is 4.91. The van der Waals surface area contributed by atoms with Crippen molar-refractivity contribution < 1.29 is 14.3 Å². The standard InChI is InChI=1S/C13H13Cl2NO3/c1-7-4-9(7)13(18)19-6-12(17)16-11-5-8(14)2-3-10(11)15/h2-3,5,7,9H,4,6H2,1H3,(H,16,17)/t7-,9+/m1/s1. The molecule has 1 amide bonds. The second kappa shape index (κ2) is 5.80. The maximum atomic E-state index is 11.6. The van der Waals surface area contributed by atoms with Crippen molar-refractivity contribution in [2.24, 2.45) is 11.8 Å². The van der Waals surface area contributed by atoms with Crippen LogP contribution in [0.25, 0.3) is 0 Å². The summed E-state index contributed by atoms with van der Waals surface area (Å²) >= 11 is 11.7. The summed E-state index contributed by atoms with van der Waals surface area (Å²) in [5, 5.41) is 3.38. The fourth-order valence-electron chi connectivity index (χ4n) is 1.67. The van der Waals surface area contributed by atoms with Crippen LogP contribution in [0.5, 0.6) is 0 Å². The summed E-state index contributed by atoms with van der Waals surface area (Å²) in [6.45, 7) is 1.66. The molecule has 6 heteroatoms. The van der Waals surface area contributed by atoms with E-state index < -0.39 is 5.91 Å². The van der Waals surface area contributed by atoms with Crippen LogP contribution in [0.1, 0.15) is 13.3 Å². The zero-order chi connectivity index (χ0) is 14.0. The first kappa shape index (κ1) is 14.2. The molecular weight excluding hydrogens is 289 g/mol. The van der Waals surface area contributed by atoms with Crippen molar-refractivity contribution in [3.63, 3.8) is 0 Å². The molecular formula is C13H13Cl2NO3. The van der Waals surface area contributed by atoms with Gasteiger partial charge < -0.3 is 10.1 Å². The average Bonchev–Trinajstić information content (AvgIpc) is 3.08. The van der Waals surface area contributed by atoms with Gasteiger partial charge in [-0.2, -0.15) is 0 Å². The zero-order valence-corrected chi connectivity index (χ0v) is 11.8. The third-order valence-electron chi connectivity index (χ3n) is 2.96. The van der Waals surface area contributed by atoms with Crippen molar-refractivity contribution in [2.75, 3.05) is 11.9 Å². The second-order valence-corrected chi connectivity index (χ2v) is 5.44. The molecule has 0 bridgehead atoms. The van der Waals surface area contributed by atoms with Crippen LogP contribution in [-0.4, -0.2) is 18.5 Å². The van der Waals surface area contributed by atoms with E-state index in [1.165, 1.54) is 6.07 Å². The molecule has 2 rings (SSSR count). The lowest BCUT2D eigenvalue weighted by Gasteiger charge is -2.08. The molecule has 0 aliphatic heterocycles. The van der Waals surface area contributed by atoms with Crippen LogP contribution >= 0.6 is 23.2 Å². The van der Waals surface area contributed by atoms with Crippen molar-refractivity contribution in [1.29, 1.82) is 0 Å². The number of anilines is 1. The molecule has 4 nitrogen and oxygen atoms in total. The van der Waals surface area contributed by atoms with Crippen molar-refractivity contribution in [1.82, 2.24) is 0 Å². The number of rotatable bonds is 4. The van der Waals surface area contributed by atoms with Gasteiger partial charge in [-0.1, -0.05) is 30.1 Å². The van der Waals surface area contributed by atoms with Crippen LogP contribution in [0, 0.1) is 11.8 Å². The predicted molar refractivity (Wildman–Crippen MR) is 73.3 cm³/mol. The van der Waals surface area contributed by atoms with E-state index >= 15 is 0 Å². The van der Waals surface area contributed by atoms with E-state index in [1.807, 2.05) is 6.92 Å². The SMILES string of the molecule is C[C@@H]1C[C@@H]1C(=O)OCC(=O)Nc1cc(Cl)ccc1Cl. The number of nitrogens with one attached hydrogen (secondary N) is 1. The third-order valence-corrected chi connectivity index (χ3v) is 3.52. The first-order valence-corrected chi connectivity index (χ1v) is 6.64. The number of halogens is 2. The van der Waals surface area contributed by atoms with Crippen LogP contribution in [0.2, 0.25) is 10.0 Å². The summed E-state index contributed by atoms with van der Waals surface area (Å²) in [5.41, 5.74) is 0.398. The summed E-state index contributed by atoms with van der Waals surface area (Å²) in [5.74, 6) is -0.453. The minimum absolute atomic E-state index is 0.0532. The lowest BCUT2D eigenvalue weighted by atomic mass is 10.3. The zero-order valence-electron chi connectivity index (χ0n) is 10.3. The van der Waals surface area contributed by atoms with E-state index in [0.29, 0.717) is 21.7 Å². The van der Waals surface area contributed by atoms with Crippen LogP contribution in [0.15, 0.2) is 18.2 Å². The maximum absolute atomic E-state index is 11.6. The molecule has 102 valence electrons. The van der Waals surface area contributed by atoms with Gasteiger partial charge in [-0.3, -0.25) is 9.59 Å². The molecule has 19 heavy (non-hydrogen) atoms. The Labute approximate surface area is 121 Å². The number of amides is 1. The van der Waals surface area contributed by atoms with Crippen molar-refractivity contribution in [3.05, 3.63) is 28.2 Å². The molecule has 0 unspecified atom stereocenters. The lowest BCUT2D eigenvalue weighted by Crippen LogP contribution is -2.21. The van der Waals surface area contributed by atoms with Gasteiger partial charge >= 0.3 is 5.97 Å². The molecule has 1 aliphatic carbocycles. The summed E-state index contributed by atoms with van der Waals surface area (Å²) in [6.07, 6.45) is 0.834. The smallest absolute Gasteiger partial charge is 0.309 e. The van der Waals surface area contributed by atoms with Crippen LogP contribution in [0.4, 0.5) is 5.69 Å². The predicted octanol–water partition coefficient (Wildman–Crippen LogP) is 3.13. The van der Waals surface area contributed by atoms with Gasteiger partial charge in [-0.25, -0.2) is 0 Å². The average molecular weight is 302 g/mol. The van der Waals surface area contributed by atoms with Gasteiger partial charge in [0.25, 0.3) is 5.91 Å².